The van der Waals surface area contributed by atoms with Crippen molar-refractivity contribution in [2.75, 3.05) is 13.7 Å². The van der Waals surface area contributed by atoms with Gasteiger partial charge in [-0.05, 0) is 33.3 Å². The van der Waals surface area contributed by atoms with E-state index in [2.05, 4.69) is 24.5 Å². The molecule has 112 valence electrons. The predicted molar refractivity (Wildman–Crippen MR) is 82.0 cm³/mol. The molecule has 0 aliphatic heterocycles. The van der Waals surface area contributed by atoms with Gasteiger partial charge >= 0.3 is 0 Å². The molecule has 4 heteroatoms. The number of benzene rings is 1. The number of nitrogens with one attached hydrogen (secondary N) is 2. The normalized spacial score (nSPS) is 13.7. The topological polar surface area (TPSA) is 50.4 Å². The number of hydrogen-bond donors (Lipinski definition) is 2. The van der Waals surface area contributed by atoms with Crippen LogP contribution in [0.1, 0.15) is 44.4 Å². The molecule has 0 bridgehead atoms. The molecule has 0 saturated carbocycles. The van der Waals surface area contributed by atoms with E-state index in [1.165, 1.54) is 0 Å². The lowest BCUT2D eigenvalue weighted by molar-refractivity contribution is -0.121. The Balaban J connectivity index is 2.64. The van der Waals surface area contributed by atoms with Crippen molar-refractivity contribution in [3.8, 4) is 5.75 Å². The highest BCUT2D eigenvalue weighted by atomic mass is 16.5. The van der Waals surface area contributed by atoms with Gasteiger partial charge in [-0.2, -0.15) is 0 Å². The third kappa shape index (κ3) is 4.85. The Morgan fingerprint density at radius 1 is 1.35 bits per heavy atom. The third-order valence-corrected chi connectivity index (χ3v) is 3.45. The SMILES string of the molecule is CCC(C)NCC(=O)NC(C)c1cc(C)ccc1OC. The van der Waals surface area contributed by atoms with Gasteiger partial charge in [0, 0.05) is 11.6 Å². The summed E-state index contributed by atoms with van der Waals surface area (Å²) in [5.41, 5.74) is 2.16. The van der Waals surface area contributed by atoms with Crippen molar-refractivity contribution in [1.29, 1.82) is 0 Å². The zero-order chi connectivity index (χ0) is 15.1. The maximum absolute atomic E-state index is 11.9. The number of amides is 1. The number of aryl methyl sites for hydroxylation is 1. The molecule has 0 fully saturated rings. The van der Waals surface area contributed by atoms with Crippen LogP contribution in [-0.2, 0) is 4.79 Å². The molecule has 2 unspecified atom stereocenters. The summed E-state index contributed by atoms with van der Waals surface area (Å²) >= 11 is 0. The van der Waals surface area contributed by atoms with Gasteiger partial charge in [-0.3, -0.25) is 4.79 Å². The summed E-state index contributed by atoms with van der Waals surface area (Å²) in [4.78, 5) is 11.9. The van der Waals surface area contributed by atoms with Gasteiger partial charge in [0.1, 0.15) is 5.75 Å². The van der Waals surface area contributed by atoms with Gasteiger partial charge in [-0.1, -0.05) is 24.6 Å². The lowest BCUT2D eigenvalue weighted by atomic mass is 10.0. The fourth-order valence-electron chi connectivity index (χ4n) is 1.97. The number of rotatable bonds is 7. The molecule has 0 aliphatic carbocycles. The van der Waals surface area contributed by atoms with E-state index >= 15 is 0 Å². The monoisotopic (exact) mass is 278 g/mol. The maximum Gasteiger partial charge on any atom is 0.234 e. The minimum Gasteiger partial charge on any atom is -0.496 e. The second kappa shape index (κ2) is 7.90. The molecule has 1 aromatic rings. The molecule has 0 saturated heterocycles. The quantitative estimate of drug-likeness (QED) is 0.806. The van der Waals surface area contributed by atoms with Crippen LogP contribution in [0.25, 0.3) is 0 Å². The molecule has 0 spiro atoms. The minimum absolute atomic E-state index is 0.00126. The molecule has 20 heavy (non-hydrogen) atoms. The Hall–Kier alpha value is -1.55. The van der Waals surface area contributed by atoms with Gasteiger partial charge in [-0.15, -0.1) is 0 Å². The maximum atomic E-state index is 11.9. The van der Waals surface area contributed by atoms with Crippen molar-refractivity contribution in [1.82, 2.24) is 10.6 Å². The first-order valence-corrected chi connectivity index (χ1v) is 7.15. The molecule has 0 heterocycles. The molecule has 4 nitrogen and oxygen atoms in total. The van der Waals surface area contributed by atoms with Gasteiger partial charge in [0.2, 0.25) is 5.91 Å². The van der Waals surface area contributed by atoms with Crippen LogP contribution in [0.3, 0.4) is 0 Å². The molecule has 2 N–H and O–H groups in total. The molecule has 2 atom stereocenters. The lowest BCUT2D eigenvalue weighted by Gasteiger charge is -2.19. The Morgan fingerprint density at radius 2 is 2.05 bits per heavy atom. The predicted octanol–water partition coefficient (Wildman–Crippen LogP) is 2.57. The minimum atomic E-state index is -0.0731. The van der Waals surface area contributed by atoms with Crippen molar-refractivity contribution in [3.05, 3.63) is 29.3 Å². The number of carbonyl (C=O) groups is 1. The van der Waals surface area contributed by atoms with Crippen molar-refractivity contribution in [2.24, 2.45) is 0 Å². The summed E-state index contributed by atoms with van der Waals surface area (Å²) < 4.78 is 5.35. The van der Waals surface area contributed by atoms with Gasteiger partial charge in [0.15, 0.2) is 0 Å². The second-order valence-electron chi connectivity index (χ2n) is 5.22. The van der Waals surface area contributed by atoms with Crippen LogP contribution < -0.4 is 15.4 Å². The Labute approximate surface area is 121 Å². The Kier molecular flexibility index (Phi) is 6.52. The summed E-state index contributed by atoms with van der Waals surface area (Å²) in [7, 11) is 1.65. The standard InChI is InChI=1S/C16H26N2O2/c1-6-12(3)17-10-16(19)18-13(4)14-9-11(2)7-8-15(14)20-5/h7-9,12-13,17H,6,10H2,1-5H3,(H,18,19). The first-order chi connectivity index (χ1) is 9.47. The van der Waals surface area contributed by atoms with E-state index in [0.29, 0.717) is 12.6 Å². The summed E-state index contributed by atoms with van der Waals surface area (Å²) in [6.45, 7) is 8.50. The van der Waals surface area contributed by atoms with E-state index in [1.807, 2.05) is 32.0 Å². The van der Waals surface area contributed by atoms with E-state index in [1.54, 1.807) is 7.11 Å². The van der Waals surface area contributed by atoms with Crippen molar-refractivity contribution >= 4 is 5.91 Å². The lowest BCUT2D eigenvalue weighted by Crippen LogP contribution is -2.38. The highest BCUT2D eigenvalue weighted by Gasteiger charge is 2.14. The second-order valence-corrected chi connectivity index (χ2v) is 5.22. The smallest absolute Gasteiger partial charge is 0.234 e. The Morgan fingerprint density at radius 3 is 2.65 bits per heavy atom. The van der Waals surface area contributed by atoms with Crippen LogP contribution in [0.5, 0.6) is 5.75 Å². The van der Waals surface area contributed by atoms with E-state index in [-0.39, 0.29) is 11.9 Å². The van der Waals surface area contributed by atoms with Crippen LogP contribution in [0.15, 0.2) is 18.2 Å². The van der Waals surface area contributed by atoms with Gasteiger partial charge in [0.05, 0.1) is 19.7 Å². The van der Waals surface area contributed by atoms with Crippen LogP contribution in [0, 0.1) is 6.92 Å². The molecule has 1 amide bonds. The number of carbonyl (C=O) groups excluding carboxylic acids is 1. The highest BCUT2D eigenvalue weighted by molar-refractivity contribution is 5.78. The van der Waals surface area contributed by atoms with Gasteiger partial charge in [-0.25, -0.2) is 0 Å². The van der Waals surface area contributed by atoms with Crippen LogP contribution in [0.4, 0.5) is 0 Å². The largest absolute Gasteiger partial charge is 0.496 e. The fourth-order valence-corrected chi connectivity index (χ4v) is 1.97. The van der Waals surface area contributed by atoms with Crippen LogP contribution in [-0.4, -0.2) is 25.6 Å². The zero-order valence-electron chi connectivity index (χ0n) is 13.1. The van der Waals surface area contributed by atoms with E-state index in [0.717, 1.165) is 23.3 Å². The molecule has 0 radical (unpaired) electrons. The van der Waals surface area contributed by atoms with Crippen molar-refractivity contribution in [2.45, 2.75) is 46.2 Å². The van der Waals surface area contributed by atoms with Crippen molar-refractivity contribution in [3.63, 3.8) is 0 Å². The van der Waals surface area contributed by atoms with E-state index < -0.39 is 0 Å². The number of ether oxygens (including phenoxy) is 1. The first kappa shape index (κ1) is 16.5. The molecular weight excluding hydrogens is 252 g/mol. The Bertz CT molecular complexity index is 446. The highest BCUT2D eigenvalue weighted by Crippen LogP contribution is 2.25. The molecule has 1 aromatic carbocycles. The average molecular weight is 278 g/mol. The number of methoxy groups -OCH3 is 1. The molecular formula is C16H26N2O2. The summed E-state index contributed by atoms with van der Waals surface area (Å²) in [6, 6.07) is 6.26. The third-order valence-electron chi connectivity index (χ3n) is 3.45. The fraction of sp³-hybridized carbons (Fsp3) is 0.562. The molecule has 1 rings (SSSR count). The van der Waals surface area contributed by atoms with Crippen LogP contribution >= 0.6 is 0 Å². The van der Waals surface area contributed by atoms with Gasteiger partial charge in [0.25, 0.3) is 0 Å². The summed E-state index contributed by atoms with van der Waals surface area (Å²) in [5, 5.41) is 6.18. The summed E-state index contributed by atoms with van der Waals surface area (Å²) in [5.74, 6) is 0.805. The summed E-state index contributed by atoms with van der Waals surface area (Å²) in [6.07, 6.45) is 1.01. The van der Waals surface area contributed by atoms with Crippen molar-refractivity contribution < 1.29 is 9.53 Å². The van der Waals surface area contributed by atoms with Crippen LogP contribution in [0.2, 0.25) is 0 Å². The first-order valence-electron chi connectivity index (χ1n) is 7.15. The zero-order valence-corrected chi connectivity index (χ0v) is 13.1. The van der Waals surface area contributed by atoms with E-state index in [4.69, 9.17) is 4.74 Å². The number of hydrogen-bond acceptors (Lipinski definition) is 3. The average Bonchev–Trinajstić information content (AvgIpc) is 2.44. The molecule has 0 aromatic heterocycles. The van der Waals surface area contributed by atoms with E-state index in [9.17, 15) is 4.79 Å². The molecule has 0 aliphatic rings. The van der Waals surface area contributed by atoms with Gasteiger partial charge < -0.3 is 15.4 Å².